The Morgan fingerprint density at radius 3 is 2.41 bits per heavy atom. The molecule has 0 saturated heterocycles. The maximum Gasteiger partial charge on any atom is 0.338 e. The molecule has 0 aromatic heterocycles. The summed E-state index contributed by atoms with van der Waals surface area (Å²) >= 11 is 5.23. The average Bonchev–Trinajstić information content (AvgIpc) is 2.68. The Balaban J connectivity index is 1.67. The Bertz CT molecular complexity index is 994. The zero-order chi connectivity index (χ0) is 19.2. The number of hydrogen-bond acceptors (Lipinski definition) is 4. The lowest BCUT2D eigenvalue weighted by molar-refractivity contribution is 0.0526. The van der Waals surface area contributed by atoms with Crippen molar-refractivity contribution in [2.24, 2.45) is 0 Å². The summed E-state index contributed by atoms with van der Waals surface area (Å²) in [6, 6.07) is 19.9. The highest BCUT2D eigenvalue weighted by Crippen LogP contribution is 2.18. The predicted molar refractivity (Wildman–Crippen MR) is 110 cm³/mol. The fourth-order valence-electron chi connectivity index (χ4n) is 2.66. The first-order chi connectivity index (χ1) is 13.1. The van der Waals surface area contributed by atoms with Crippen LogP contribution in [0.3, 0.4) is 0 Å². The number of nitrogens with one attached hydrogen (secondary N) is 2. The Kier molecular flexibility index (Phi) is 5.78. The Morgan fingerprint density at radius 2 is 1.67 bits per heavy atom. The third kappa shape index (κ3) is 4.48. The molecule has 6 heteroatoms. The van der Waals surface area contributed by atoms with E-state index in [9.17, 15) is 9.59 Å². The van der Waals surface area contributed by atoms with E-state index in [4.69, 9.17) is 17.0 Å². The molecule has 0 heterocycles. The van der Waals surface area contributed by atoms with Crippen LogP contribution in [0.15, 0.2) is 66.7 Å². The number of anilines is 1. The highest BCUT2D eigenvalue weighted by atomic mass is 32.1. The molecule has 0 atom stereocenters. The summed E-state index contributed by atoms with van der Waals surface area (Å²) < 4.78 is 4.94. The van der Waals surface area contributed by atoms with Crippen molar-refractivity contribution in [1.29, 1.82) is 0 Å². The third-order valence-electron chi connectivity index (χ3n) is 3.92. The van der Waals surface area contributed by atoms with Gasteiger partial charge in [-0.2, -0.15) is 0 Å². The second-order valence-electron chi connectivity index (χ2n) is 5.73. The average molecular weight is 378 g/mol. The van der Waals surface area contributed by atoms with Gasteiger partial charge in [0.05, 0.1) is 12.2 Å². The van der Waals surface area contributed by atoms with Crippen LogP contribution in [0.25, 0.3) is 10.8 Å². The van der Waals surface area contributed by atoms with Gasteiger partial charge in [-0.3, -0.25) is 10.1 Å². The van der Waals surface area contributed by atoms with Crippen LogP contribution in [0.5, 0.6) is 0 Å². The van der Waals surface area contributed by atoms with Crippen LogP contribution in [0, 0.1) is 0 Å². The molecule has 0 unspecified atom stereocenters. The first kappa shape index (κ1) is 18.5. The Hall–Kier alpha value is -3.25. The van der Waals surface area contributed by atoms with Gasteiger partial charge in [0.2, 0.25) is 0 Å². The molecule has 1 amide bonds. The van der Waals surface area contributed by atoms with Crippen molar-refractivity contribution in [2.75, 3.05) is 11.9 Å². The van der Waals surface area contributed by atoms with Crippen LogP contribution < -0.4 is 10.6 Å². The van der Waals surface area contributed by atoms with Crippen LogP contribution in [0.2, 0.25) is 0 Å². The fraction of sp³-hybridized carbons (Fsp3) is 0.0952. The summed E-state index contributed by atoms with van der Waals surface area (Å²) in [5.74, 6) is -0.664. The molecule has 0 radical (unpaired) electrons. The zero-order valence-electron chi connectivity index (χ0n) is 14.7. The minimum absolute atomic E-state index is 0.178. The van der Waals surface area contributed by atoms with E-state index in [1.54, 1.807) is 37.3 Å². The summed E-state index contributed by atoms with van der Waals surface area (Å²) in [7, 11) is 0. The standard InChI is InChI=1S/C21H18N2O3S/c1-2-26-20(25)15-10-12-16(13-11-15)22-21(27)23-19(24)18-9-5-7-14-6-3-4-8-17(14)18/h3-13H,2H2,1H3,(H2,22,23,24,27). The molecule has 0 aliphatic rings. The largest absolute Gasteiger partial charge is 0.462 e. The number of fused-ring (bicyclic) bond motifs is 1. The molecule has 27 heavy (non-hydrogen) atoms. The lowest BCUT2D eigenvalue weighted by Gasteiger charge is -2.11. The van der Waals surface area contributed by atoms with E-state index in [0.29, 0.717) is 23.4 Å². The number of ether oxygens (including phenoxy) is 1. The molecule has 0 bridgehead atoms. The van der Waals surface area contributed by atoms with Crippen LogP contribution >= 0.6 is 12.2 Å². The smallest absolute Gasteiger partial charge is 0.338 e. The van der Waals surface area contributed by atoms with Gasteiger partial charge in [-0.25, -0.2) is 4.79 Å². The second kappa shape index (κ2) is 8.42. The topological polar surface area (TPSA) is 67.4 Å². The number of esters is 1. The predicted octanol–water partition coefficient (Wildman–Crippen LogP) is 4.14. The number of carbonyl (C=O) groups is 2. The van der Waals surface area contributed by atoms with Gasteiger partial charge < -0.3 is 10.1 Å². The van der Waals surface area contributed by atoms with Gasteiger partial charge in [-0.05, 0) is 60.2 Å². The van der Waals surface area contributed by atoms with Crippen LogP contribution in [0.1, 0.15) is 27.6 Å². The number of thiocarbonyl (C=S) groups is 1. The minimum Gasteiger partial charge on any atom is -0.462 e. The van der Waals surface area contributed by atoms with Gasteiger partial charge in [-0.1, -0.05) is 36.4 Å². The molecule has 0 fully saturated rings. The van der Waals surface area contributed by atoms with Crippen molar-refractivity contribution in [2.45, 2.75) is 6.92 Å². The number of amides is 1. The molecule has 3 rings (SSSR count). The molecule has 0 aliphatic carbocycles. The quantitative estimate of drug-likeness (QED) is 0.527. The summed E-state index contributed by atoms with van der Waals surface area (Å²) in [5, 5.41) is 7.64. The molecule has 5 nitrogen and oxygen atoms in total. The SMILES string of the molecule is CCOC(=O)c1ccc(NC(=S)NC(=O)c2cccc3ccccc23)cc1. The number of rotatable bonds is 4. The van der Waals surface area contributed by atoms with E-state index >= 15 is 0 Å². The fourth-order valence-corrected chi connectivity index (χ4v) is 2.87. The summed E-state index contributed by atoms with van der Waals surface area (Å²) in [4.78, 5) is 24.2. The number of hydrogen-bond donors (Lipinski definition) is 2. The normalized spacial score (nSPS) is 10.3. The first-order valence-electron chi connectivity index (χ1n) is 8.46. The van der Waals surface area contributed by atoms with Crippen molar-refractivity contribution in [3.05, 3.63) is 77.9 Å². The summed E-state index contributed by atoms with van der Waals surface area (Å²) in [5.41, 5.74) is 1.66. The highest BCUT2D eigenvalue weighted by Gasteiger charge is 2.12. The van der Waals surface area contributed by atoms with Gasteiger partial charge in [0.15, 0.2) is 5.11 Å². The van der Waals surface area contributed by atoms with E-state index in [0.717, 1.165) is 10.8 Å². The maximum atomic E-state index is 12.6. The molecule has 3 aromatic rings. The van der Waals surface area contributed by atoms with E-state index in [2.05, 4.69) is 10.6 Å². The number of benzene rings is 3. The molecule has 0 aliphatic heterocycles. The molecule has 0 saturated carbocycles. The molecular weight excluding hydrogens is 360 g/mol. The van der Waals surface area contributed by atoms with Crippen molar-refractivity contribution in [3.8, 4) is 0 Å². The monoisotopic (exact) mass is 378 g/mol. The lowest BCUT2D eigenvalue weighted by Crippen LogP contribution is -2.34. The van der Waals surface area contributed by atoms with E-state index in [-0.39, 0.29) is 17.0 Å². The second-order valence-corrected chi connectivity index (χ2v) is 6.14. The summed E-state index contributed by atoms with van der Waals surface area (Å²) in [6.45, 7) is 2.08. The third-order valence-corrected chi connectivity index (χ3v) is 4.12. The van der Waals surface area contributed by atoms with E-state index < -0.39 is 0 Å². The van der Waals surface area contributed by atoms with Crippen molar-refractivity contribution in [1.82, 2.24) is 5.32 Å². The first-order valence-corrected chi connectivity index (χ1v) is 8.86. The molecule has 3 aromatic carbocycles. The van der Waals surface area contributed by atoms with Gasteiger partial charge in [0.25, 0.3) is 5.91 Å². The van der Waals surface area contributed by atoms with Gasteiger partial charge in [-0.15, -0.1) is 0 Å². The van der Waals surface area contributed by atoms with Gasteiger partial charge >= 0.3 is 5.97 Å². The highest BCUT2D eigenvalue weighted by molar-refractivity contribution is 7.80. The summed E-state index contributed by atoms with van der Waals surface area (Å²) in [6.07, 6.45) is 0. The van der Waals surface area contributed by atoms with Crippen molar-refractivity contribution in [3.63, 3.8) is 0 Å². The van der Waals surface area contributed by atoms with Gasteiger partial charge in [0, 0.05) is 11.3 Å². The Labute approximate surface area is 162 Å². The lowest BCUT2D eigenvalue weighted by atomic mass is 10.0. The van der Waals surface area contributed by atoms with Crippen LogP contribution in [-0.4, -0.2) is 23.6 Å². The molecule has 2 N–H and O–H groups in total. The van der Waals surface area contributed by atoms with E-state index in [1.165, 1.54) is 0 Å². The number of carbonyl (C=O) groups excluding carboxylic acids is 2. The van der Waals surface area contributed by atoms with Gasteiger partial charge in [0.1, 0.15) is 0 Å². The minimum atomic E-state index is -0.379. The molecule has 136 valence electrons. The maximum absolute atomic E-state index is 12.6. The van der Waals surface area contributed by atoms with Crippen molar-refractivity contribution >= 4 is 45.7 Å². The van der Waals surface area contributed by atoms with Crippen LogP contribution in [-0.2, 0) is 4.74 Å². The molecular formula is C21H18N2O3S. The van der Waals surface area contributed by atoms with Crippen molar-refractivity contribution < 1.29 is 14.3 Å². The zero-order valence-corrected chi connectivity index (χ0v) is 15.5. The Morgan fingerprint density at radius 1 is 0.963 bits per heavy atom. The molecule has 0 spiro atoms. The van der Waals surface area contributed by atoms with E-state index in [1.807, 2.05) is 36.4 Å². The van der Waals surface area contributed by atoms with Crippen LogP contribution in [0.4, 0.5) is 5.69 Å².